The number of nitrogens with zero attached hydrogens (tertiary/aromatic N) is 1. The molecular weight excluding hydrogens is 230 g/mol. The molecule has 2 nitrogen and oxygen atoms in total. The molecule has 0 radical (unpaired) electrons. The molecule has 0 aliphatic heterocycles. The third-order valence-electron chi connectivity index (χ3n) is 3.30. The summed E-state index contributed by atoms with van der Waals surface area (Å²) in [5.74, 6) is 0. The molecule has 0 saturated carbocycles. The van der Waals surface area contributed by atoms with Gasteiger partial charge in [-0.2, -0.15) is 0 Å². The van der Waals surface area contributed by atoms with Crippen molar-refractivity contribution in [1.29, 1.82) is 0 Å². The Hall–Kier alpha value is -1.35. The second kappa shape index (κ2) is 4.49. The summed E-state index contributed by atoms with van der Waals surface area (Å²) in [6.45, 7) is 0. The summed E-state index contributed by atoms with van der Waals surface area (Å²) in [5, 5.41) is 2.79. The van der Waals surface area contributed by atoms with Crippen LogP contribution in [0.25, 0.3) is 11.3 Å². The summed E-state index contributed by atoms with van der Waals surface area (Å²) >= 11 is 1.55. The number of hydrogen-bond acceptors (Lipinski definition) is 3. The molecule has 0 atom stereocenters. The summed E-state index contributed by atoms with van der Waals surface area (Å²) in [6, 6.07) is 6.73. The fourth-order valence-electron chi connectivity index (χ4n) is 2.38. The van der Waals surface area contributed by atoms with E-state index in [4.69, 9.17) is 4.74 Å². The van der Waals surface area contributed by atoms with Gasteiger partial charge in [-0.25, -0.2) is 4.98 Å². The first-order valence-electron chi connectivity index (χ1n) is 5.98. The van der Waals surface area contributed by atoms with E-state index in [1.54, 1.807) is 18.4 Å². The van der Waals surface area contributed by atoms with E-state index in [9.17, 15) is 0 Å². The van der Waals surface area contributed by atoms with Crippen LogP contribution in [0.1, 0.15) is 24.0 Å². The van der Waals surface area contributed by atoms with Crippen LogP contribution < -0.4 is 4.74 Å². The largest absolute Gasteiger partial charge is 0.473 e. The SMILES string of the molecule is COc1nc(-c2ccc3c(c2)CCCC3)cs1. The predicted octanol–water partition coefficient (Wildman–Crippen LogP) is 3.70. The Morgan fingerprint density at radius 3 is 2.76 bits per heavy atom. The van der Waals surface area contributed by atoms with E-state index in [1.165, 1.54) is 42.4 Å². The van der Waals surface area contributed by atoms with Gasteiger partial charge in [0.15, 0.2) is 0 Å². The number of thiazole rings is 1. The van der Waals surface area contributed by atoms with E-state index >= 15 is 0 Å². The van der Waals surface area contributed by atoms with Gasteiger partial charge in [-0.3, -0.25) is 0 Å². The van der Waals surface area contributed by atoms with Crippen LogP contribution in [0.4, 0.5) is 0 Å². The first-order valence-corrected chi connectivity index (χ1v) is 6.86. The number of rotatable bonds is 2. The minimum Gasteiger partial charge on any atom is -0.473 e. The summed E-state index contributed by atoms with van der Waals surface area (Å²) < 4.78 is 5.14. The van der Waals surface area contributed by atoms with E-state index < -0.39 is 0 Å². The van der Waals surface area contributed by atoms with E-state index in [-0.39, 0.29) is 0 Å². The molecule has 17 heavy (non-hydrogen) atoms. The third-order valence-corrected chi connectivity index (χ3v) is 4.10. The second-order valence-corrected chi connectivity index (χ2v) is 5.21. The quantitative estimate of drug-likeness (QED) is 0.805. The topological polar surface area (TPSA) is 22.1 Å². The highest BCUT2D eigenvalue weighted by Gasteiger charge is 2.11. The smallest absolute Gasteiger partial charge is 0.273 e. The molecule has 1 aromatic carbocycles. The van der Waals surface area contributed by atoms with E-state index in [0.29, 0.717) is 0 Å². The lowest BCUT2D eigenvalue weighted by atomic mass is 9.90. The van der Waals surface area contributed by atoms with Gasteiger partial charge in [0.2, 0.25) is 0 Å². The normalized spacial score (nSPS) is 14.4. The molecule has 0 N–H and O–H groups in total. The fourth-order valence-corrected chi connectivity index (χ4v) is 3.02. The maximum Gasteiger partial charge on any atom is 0.273 e. The Labute approximate surface area is 105 Å². The van der Waals surface area contributed by atoms with E-state index in [2.05, 4.69) is 28.6 Å². The van der Waals surface area contributed by atoms with Gasteiger partial charge in [0.25, 0.3) is 5.19 Å². The molecule has 1 heterocycles. The molecular formula is C14H15NOS. The molecule has 0 spiro atoms. The fraction of sp³-hybridized carbons (Fsp3) is 0.357. The van der Waals surface area contributed by atoms with Crippen LogP contribution in [0.5, 0.6) is 5.19 Å². The standard InChI is InChI=1S/C14H15NOS/c1-16-14-15-13(9-17-14)12-7-6-10-4-2-3-5-11(10)8-12/h6-9H,2-5H2,1H3. The summed E-state index contributed by atoms with van der Waals surface area (Å²) in [4.78, 5) is 4.44. The highest BCUT2D eigenvalue weighted by molar-refractivity contribution is 7.11. The van der Waals surface area contributed by atoms with E-state index in [0.717, 1.165) is 10.9 Å². The van der Waals surface area contributed by atoms with Crippen molar-refractivity contribution >= 4 is 11.3 Å². The van der Waals surface area contributed by atoms with Crippen LogP contribution in [0.2, 0.25) is 0 Å². The molecule has 1 aliphatic carbocycles. The first kappa shape index (κ1) is 10.8. The molecule has 3 rings (SSSR count). The maximum atomic E-state index is 5.14. The zero-order valence-electron chi connectivity index (χ0n) is 9.90. The Kier molecular flexibility index (Phi) is 2.85. The predicted molar refractivity (Wildman–Crippen MR) is 70.7 cm³/mol. The highest BCUT2D eigenvalue weighted by Crippen LogP contribution is 2.30. The van der Waals surface area contributed by atoms with Gasteiger partial charge in [0.05, 0.1) is 12.8 Å². The van der Waals surface area contributed by atoms with Crippen molar-refractivity contribution in [2.75, 3.05) is 7.11 Å². The van der Waals surface area contributed by atoms with Crippen molar-refractivity contribution in [3.05, 3.63) is 34.7 Å². The Bertz CT molecular complexity index is 533. The van der Waals surface area contributed by atoms with Gasteiger partial charge in [0.1, 0.15) is 0 Å². The van der Waals surface area contributed by atoms with Crippen molar-refractivity contribution in [2.24, 2.45) is 0 Å². The molecule has 2 aromatic rings. The van der Waals surface area contributed by atoms with Gasteiger partial charge in [-0.15, -0.1) is 0 Å². The lowest BCUT2D eigenvalue weighted by Crippen LogP contribution is -2.02. The lowest BCUT2D eigenvalue weighted by molar-refractivity contribution is 0.412. The Morgan fingerprint density at radius 1 is 1.18 bits per heavy atom. The zero-order chi connectivity index (χ0) is 11.7. The van der Waals surface area contributed by atoms with Crippen LogP contribution in [0.3, 0.4) is 0 Å². The molecule has 1 aliphatic rings. The van der Waals surface area contributed by atoms with Crippen molar-refractivity contribution in [2.45, 2.75) is 25.7 Å². The van der Waals surface area contributed by atoms with Crippen LogP contribution in [0, 0.1) is 0 Å². The first-order chi connectivity index (χ1) is 8.36. The number of aromatic nitrogens is 1. The molecule has 0 bridgehead atoms. The van der Waals surface area contributed by atoms with Gasteiger partial charge < -0.3 is 4.74 Å². The van der Waals surface area contributed by atoms with Crippen LogP contribution >= 0.6 is 11.3 Å². The molecule has 1 aromatic heterocycles. The molecule has 0 unspecified atom stereocenters. The summed E-state index contributed by atoms with van der Waals surface area (Å²) in [7, 11) is 1.66. The minimum atomic E-state index is 0.734. The number of ether oxygens (including phenoxy) is 1. The highest BCUT2D eigenvalue weighted by atomic mass is 32.1. The van der Waals surface area contributed by atoms with Gasteiger partial charge in [-0.1, -0.05) is 23.5 Å². The van der Waals surface area contributed by atoms with Gasteiger partial charge in [-0.05, 0) is 42.9 Å². The molecule has 0 amide bonds. The van der Waals surface area contributed by atoms with Crippen LogP contribution in [-0.2, 0) is 12.8 Å². The third kappa shape index (κ3) is 2.07. The monoisotopic (exact) mass is 245 g/mol. The molecule has 88 valence electrons. The number of hydrogen-bond donors (Lipinski definition) is 0. The summed E-state index contributed by atoms with van der Waals surface area (Å²) in [6.07, 6.45) is 5.09. The minimum absolute atomic E-state index is 0.734. The van der Waals surface area contributed by atoms with Gasteiger partial charge in [0, 0.05) is 10.9 Å². The molecule has 0 saturated heterocycles. The van der Waals surface area contributed by atoms with Gasteiger partial charge >= 0.3 is 0 Å². The number of aryl methyl sites for hydroxylation is 2. The Balaban J connectivity index is 1.97. The summed E-state index contributed by atoms with van der Waals surface area (Å²) in [5.41, 5.74) is 5.26. The number of fused-ring (bicyclic) bond motifs is 1. The average molecular weight is 245 g/mol. The van der Waals surface area contributed by atoms with Crippen molar-refractivity contribution in [3.63, 3.8) is 0 Å². The molecule has 0 fully saturated rings. The van der Waals surface area contributed by atoms with Crippen LogP contribution in [0.15, 0.2) is 23.6 Å². The number of methoxy groups -OCH3 is 1. The number of benzene rings is 1. The zero-order valence-corrected chi connectivity index (χ0v) is 10.7. The average Bonchev–Trinajstić information content (AvgIpc) is 2.87. The molecule has 3 heteroatoms. The van der Waals surface area contributed by atoms with Crippen molar-refractivity contribution in [1.82, 2.24) is 4.98 Å². The Morgan fingerprint density at radius 2 is 2.00 bits per heavy atom. The van der Waals surface area contributed by atoms with Crippen LogP contribution in [-0.4, -0.2) is 12.1 Å². The van der Waals surface area contributed by atoms with Crippen molar-refractivity contribution in [3.8, 4) is 16.5 Å². The van der Waals surface area contributed by atoms with E-state index in [1.807, 2.05) is 0 Å². The lowest BCUT2D eigenvalue weighted by Gasteiger charge is -2.15. The maximum absolute atomic E-state index is 5.14. The second-order valence-electron chi connectivity index (χ2n) is 4.39. The van der Waals surface area contributed by atoms with Crippen molar-refractivity contribution < 1.29 is 4.74 Å².